The van der Waals surface area contributed by atoms with Crippen molar-refractivity contribution in [2.75, 3.05) is 6.38 Å². The van der Waals surface area contributed by atoms with Crippen LogP contribution in [0.25, 0.3) is 0 Å². The van der Waals surface area contributed by atoms with Crippen molar-refractivity contribution in [3.05, 3.63) is 64.7 Å². The summed E-state index contributed by atoms with van der Waals surface area (Å²) < 4.78 is 3.34. The summed E-state index contributed by atoms with van der Waals surface area (Å²) >= 11 is 6.21. The Kier molecular flexibility index (Phi) is 7.53. The molecule has 0 aromatic heterocycles. The zero-order valence-electron chi connectivity index (χ0n) is 16.9. The number of fused-ring (bicyclic) bond motifs is 1. The summed E-state index contributed by atoms with van der Waals surface area (Å²) in [6.07, 6.45) is 2.12. The predicted molar refractivity (Wildman–Crippen MR) is 118 cm³/mol. The Morgan fingerprint density at radius 2 is 1.87 bits per heavy atom. The van der Waals surface area contributed by atoms with Crippen molar-refractivity contribution in [1.29, 1.82) is 0 Å². The first kappa shape index (κ1) is 22.3. The van der Waals surface area contributed by atoms with Crippen LogP contribution in [0.15, 0.2) is 47.4 Å². The van der Waals surface area contributed by atoms with Gasteiger partial charge in [-0.25, -0.2) is 0 Å². The lowest BCUT2D eigenvalue weighted by atomic mass is 10.0. The standard InChI is InChI=1S/C21H21N3O3S.CH3Cl/c1-13-2-5-16(6-3-13)28-22-11-14-4-7-17-15(10-14)12-24(21(17)27)18-8-9-19(25)23-20(18)26;1-2/h2-7,10,18,22H,8-9,11-12H2,1H3,(H,23,25,26);1H3. The molecule has 3 amide bonds. The van der Waals surface area contributed by atoms with Crippen molar-refractivity contribution < 1.29 is 14.4 Å². The van der Waals surface area contributed by atoms with Crippen molar-refractivity contribution in [2.45, 2.75) is 43.8 Å². The molecule has 0 radical (unpaired) electrons. The van der Waals surface area contributed by atoms with Crippen LogP contribution in [0.3, 0.4) is 0 Å². The lowest BCUT2D eigenvalue weighted by Crippen LogP contribution is -2.52. The van der Waals surface area contributed by atoms with E-state index in [0.717, 1.165) is 16.0 Å². The summed E-state index contributed by atoms with van der Waals surface area (Å²) in [6.45, 7) is 3.13. The first-order valence-electron chi connectivity index (χ1n) is 9.62. The summed E-state index contributed by atoms with van der Waals surface area (Å²) in [7, 11) is 0. The maximum atomic E-state index is 12.7. The average molecular weight is 446 g/mol. The Morgan fingerprint density at radius 3 is 2.57 bits per heavy atom. The fraction of sp³-hybridized carbons (Fsp3) is 0.318. The quantitative estimate of drug-likeness (QED) is 0.419. The summed E-state index contributed by atoms with van der Waals surface area (Å²) in [5.74, 6) is -0.795. The number of piperidine rings is 1. The number of hydrogen-bond donors (Lipinski definition) is 2. The van der Waals surface area contributed by atoms with E-state index in [9.17, 15) is 14.4 Å². The molecule has 2 aliphatic heterocycles. The van der Waals surface area contributed by atoms with Gasteiger partial charge in [0.05, 0.1) is 0 Å². The molecule has 4 rings (SSSR count). The molecule has 0 saturated carbocycles. The highest BCUT2D eigenvalue weighted by Crippen LogP contribution is 2.28. The van der Waals surface area contributed by atoms with E-state index >= 15 is 0 Å². The minimum Gasteiger partial charge on any atom is -0.322 e. The summed E-state index contributed by atoms with van der Waals surface area (Å²) in [6, 6.07) is 13.5. The molecule has 158 valence electrons. The zero-order valence-corrected chi connectivity index (χ0v) is 18.5. The molecular weight excluding hydrogens is 422 g/mol. The Bertz CT molecular complexity index is 949. The van der Waals surface area contributed by atoms with E-state index in [1.807, 2.05) is 18.2 Å². The van der Waals surface area contributed by atoms with Crippen LogP contribution < -0.4 is 10.0 Å². The third kappa shape index (κ3) is 5.03. The number of halogens is 1. The zero-order chi connectivity index (χ0) is 21.7. The lowest BCUT2D eigenvalue weighted by molar-refractivity contribution is -0.136. The van der Waals surface area contributed by atoms with Crippen molar-refractivity contribution in [3.63, 3.8) is 0 Å². The van der Waals surface area contributed by atoms with Crippen LogP contribution in [0.4, 0.5) is 0 Å². The molecule has 0 aliphatic carbocycles. The highest BCUT2D eigenvalue weighted by Gasteiger charge is 2.38. The first-order chi connectivity index (χ1) is 14.5. The molecule has 1 saturated heterocycles. The number of nitrogens with one attached hydrogen (secondary N) is 2. The van der Waals surface area contributed by atoms with E-state index in [-0.39, 0.29) is 24.1 Å². The topological polar surface area (TPSA) is 78.5 Å². The molecule has 0 bridgehead atoms. The van der Waals surface area contributed by atoms with Gasteiger partial charge >= 0.3 is 0 Å². The molecule has 8 heteroatoms. The van der Waals surface area contributed by atoms with Gasteiger partial charge in [0.25, 0.3) is 5.91 Å². The van der Waals surface area contributed by atoms with Crippen LogP contribution in [0.1, 0.15) is 39.9 Å². The summed E-state index contributed by atoms with van der Waals surface area (Å²) in [5.41, 5.74) is 3.87. The summed E-state index contributed by atoms with van der Waals surface area (Å²) in [4.78, 5) is 38.9. The number of benzene rings is 2. The molecule has 1 unspecified atom stereocenters. The number of rotatable bonds is 5. The Morgan fingerprint density at radius 1 is 1.13 bits per heavy atom. The fourth-order valence-electron chi connectivity index (χ4n) is 3.55. The van der Waals surface area contributed by atoms with E-state index in [1.54, 1.807) is 16.8 Å². The summed E-state index contributed by atoms with van der Waals surface area (Å²) in [5, 5.41) is 2.33. The molecule has 1 atom stereocenters. The molecule has 1 fully saturated rings. The lowest BCUT2D eigenvalue weighted by Gasteiger charge is -2.29. The maximum absolute atomic E-state index is 12.7. The van der Waals surface area contributed by atoms with Gasteiger partial charge in [-0.2, -0.15) is 0 Å². The minimum atomic E-state index is -0.573. The van der Waals surface area contributed by atoms with Gasteiger partial charge < -0.3 is 4.90 Å². The van der Waals surface area contributed by atoms with E-state index in [0.29, 0.717) is 25.1 Å². The van der Waals surface area contributed by atoms with E-state index in [2.05, 4.69) is 52.8 Å². The molecule has 2 N–H and O–H groups in total. The van der Waals surface area contributed by atoms with Crippen LogP contribution in [0.2, 0.25) is 0 Å². The van der Waals surface area contributed by atoms with Gasteiger partial charge in [-0.3, -0.25) is 24.4 Å². The molecule has 2 aromatic rings. The van der Waals surface area contributed by atoms with Crippen LogP contribution in [-0.4, -0.2) is 35.0 Å². The van der Waals surface area contributed by atoms with Crippen molar-refractivity contribution in [3.8, 4) is 0 Å². The van der Waals surface area contributed by atoms with Gasteiger partial charge in [0.2, 0.25) is 11.8 Å². The van der Waals surface area contributed by atoms with Gasteiger partial charge in [0, 0.05) is 36.4 Å². The average Bonchev–Trinajstić information content (AvgIpc) is 3.07. The van der Waals surface area contributed by atoms with Gasteiger partial charge in [-0.15, -0.1) is 11.6 Å². The highest BCUT2D eigenvalue weighted by molar-refractivity contribution is 7.97. The van der Waals surface area contributed by atoms with Crippen LogP contribution in [-0.2, 0) is 22.7 Å². The molecule has 2 aromatic carbocycles. The third-order valence-electron chi connectivity index (χ3n) is 5.08. The van der Waals surface area contributed by atoms with E-state index < -0.39 is 6.04 Å². The molecule has 2 aliphatic rings. The second-order valence-electron chi connectivity index (χ2n) is 7.13. The maximum Gasteiger partial charge on any atom is 0.255 e. The van der Waals surface area contributed by atoms with E-state index in [4.69, 9.17) is 0 Å². The number of nitrogens with zero attached hydrogens (tertiary/aromatic N) is 1. The molecule has 6 nitrogen and oxygen atoms in total. The molecule has 30 heavy (non-hydrogen) atoms. The number of amides is 3. The molecule has 0 spiro atoms. The molecular formula is C22H24ClN3O3S. The monoisotopic (exact) mass is 445 g/mol. The van der Waals surface area contributed by atoms with Gasteiger partial charge in [0.15, 0.2) is 0 Å². The Balaban J connectivity index is 0.00000124. The van der Waals surface area contributed by atoms with Crippen LogP contribution in [0.5, 0.6) is 0 Å². The van der Waals surface area contributed by atoms with Crippen LogP contribution >= 0.6 is 23.5 Å². The highest BCUT2D eigenvalue weighted by atomic mass is 35.5. The second-order valence-corrected chi connectivity index (χ2v) is 8.09. The predicted octanol–water partition coefficient (Wildman–Crippen LogP) is 3.41. The van der Waals surface area contributed by atoms with Crippen molar-refractivity contribution in [1.82, 2.24) is 14.9 Å². The minimum absolute atomic E-state index is 0.141. The van der Waals surface area contributed by atoms with Gasteiger partial charge in [-0.1, -0.05) is 29.8 Å². The number of carbonyl (C=O) groups is 3. The Labute approximate surface area is 185 Å². The van der Waals surface area contributed by atoms with Gasteiger partial charge in [-0.05, 0) is 54.6 Å². The normalized spacial score (nSPS) is 17.9. The number of hydrogen-bond acceptors (Lipinski definition) is 5. The third-order valence-corrected chi connectivity index (χ3v) is 5.87. The number of carbonyl (C=O) groups excluding carboxylic acids is 3. The van der Waals surface area contributed by atoms with Gasteiger partial charge in [0.1, 0.15) is 6.04 Å². The second kappa shape index (κ2) is 10.1. The number of aryl methyl sites for hydroxylation is 1. The number of imide groups is 1. The fourth-order valence-corrected chi connectivity index (χ4v) is 4.22. The van der Waals surface area contributed by atoms with Crippen LogP contribution in [0, 0.1) is 6.92 Å². The van der Waals surface area contributed by atoms with E-state index in [1.165, 1.54) is 11.9 Å². The SMILES string of the molecule is CCl.Cc1ccc(SNCc2ccc3c(c2)CN(C2CCC(=O)NC2=O)C3=O)cc1. The number of alkyl halides is 1. The molecule has 2 heterocycles. The largest absolute Gasteiger partial charge is 0.322 e. The Hall–Kier alpha value is -2.35. The first-order valence-corrected chi connectivity index (χ1v) is 11.2. The smallest absolute Gasteiger partial charge is 0.255 e. The van der Waals surface area contributed by atoms with Crippen molar-refractivity contribution in [2.24, 2.45) is 0 Å². The van der Waals surface area contributed by atoms with Crippen molar-refractivity contribution >= 4 is 41.3 Å².